The van der Waals surface area contributed by atoms with Gasteiger partial charge >= 0.3 is 5.97 Å². The van der Waals surface area contributed by atoms with Crippen molar-refractivity contribution in [1.82, 2.24) is 4.98 Å². The van der Waals surface area contributed by atoms with Gasteiger partial charge in [-0.05, 0) is 32.6 Å². The van der Waals surface area contributed by atoms with Gasteiger partial charge in [0.05, 0.1) is 6.61 Å². The van der Waals surface area contributed by atoms with Gasteiger partial charge in [0, 0.05) is 11.4 Å². The topological polar surface area (TPSA) is 51.2 Å². The Morgan fingerprint density at radius 1 is 1.62 bits per heavy atom. The van der Waals surface area contributed by atoms with Crippen molar-refractivity contribution in [1.29, 1.82) is 0 Å². The molecule has 0 unspecified atom stereocenters. The van der Waals surface area contributed by atoms with Crippen LogP contribution >= 0.6 is 11.3 Å². The fraction of sp³-hybridized carbons (Fsp3) is 0.636. The van der Waals surface area contributed by atoms with E-state index < -0.39 is 0 Å². The molecule has 1 heterocycles. The minimum Gasteiger partial charge on any atom is -0.461 e. The first-order valence-corrected chi connectivity index (χ1v) is 6.40. The second-order valence-electron chi connectivity index (χ2n) is 3.97. The fourth-order valence-electron chi connectivity index (χ4n) is 1.41. The molecular formula is C11H16N2O2S. The molecule has 1 aromatic rings. The number of carbonyl (C=O) groups excluding carboxylic acids is 1. The summed E-state index contributed by atoms with van der Waals surface area (Å²) in [5, 5.41) is 4.09. The number of nitrogens with zero attached hydrogens (tertiary/aromatic N) is 1. The van der Waals surface area contributed by atoms with Gasteiger partial charge in [0.25, 0.3) is 0 Å². The van der Waals surface area contributed by atoms with E-state index in [1.807, 2.05) is 6.92 Å². The van der Waals surface area contributed by atoms with Gasteiger partial charge in [0.1, 0.15) is 0 Å². The van der Waals surface area contributed by atoms with E-state index in [9.17, 15) is 4.79 Å². The molecule has 2 rings (SSSR count). The molecule has 88 valence electrons. The van der Waals surface area contributed by atoms with Crippen LogP contribution in [0.15, 0.2) is 0 Å². The lowest BCUT2D eigenvalue weighted by molar-refractivity contribution is 0.0519. The lowest BCUT2D eigenvalue weighted by Gasteiger charge is -1.99. The Balaban J connectivity index is 1.98. The molecule has 0 aromatic carbocycles. The van der Waals surface area contributed by atoms with Crippen molar-refractivity contribution in [3.8, 4) is 0 Å². The SMILES string of the molecule is CCOC(=O)c1nc(NCC2CC2)sc1C. The number of esters is 1. The van der Waals surface area contributed by atoms with Gasteiger partial charge in [-0.3, -0.25) is 0 Å². The van der Waals surface area contributed by atoms with Crippen molar-refractivity contribution in [2.24, 2.45) is 5.92 Å². The third kappa shape index (κ3) is 2.72. The highest BCUT2D eigenvalue weighted by atomic mass is 32.1. The van der Waals surface area contributed by atoms with Crippen LogP contribution in [0.4, 0.5) is 5.13 Å². The Labute approximate surface area is 99.0 Å². The Kier molecular flexibility index (Phi) is 3.43. The molecule has 1 aliphatic carbocycles. The zero-order valence-electron chi connectivity index (χ0n) is 9.58. The molecule has 0 spiro atoms. The number of carbonyl (C=O) groups is 1. The van der Waals surface area contributed by atoms with E-state index in [0.29, 0.717) is 12.3 Å². The van der Waals surface area contributed by atoms with Gasteiger partial charge in [0.2, 0.25) is 0 Å². The van der Waals surface area contributed by atoms with Crippen LogP contribution in [0, 0.1) is 12.8 Å². The summed E-state index contributed by atoms with van der Waals surface area (Å²) in [6.45, 7) is 5.05. The van der Waals surface area contributed by atoms with E-state index in [1.165, 1.54) is 24.2 Å². The molecule has 1 aromatic heterocycles. The number of anilines is 1. The minimum atomic E-state index is -0.323. The van der Waals surface area contributed by atoms with Crippen LogP contribution in [0.5, 0.6) is 0 Å². The first-order valence-electron chi connectivity index (χ1n) is 5.59. The number of rotatable bonds is 5. The molecule has 0 amide bonds. The van der Waals surface area contributed by atoms with E-state index in [0.717, 1.165) is 22.5 Å². The minimum absolute atomic E-state index is 0.323. The molecule has 5 heteroatoms. The molecule has 1 fully saturated rings. The maximum atomic E-state index is 11.5. The number of hydrogen-bond acceptors (Lipinski definition) is 5. The van der Waals surface area contributed by atoms with Gasteiger partial charge in [-0.15, -0.1) is 11.3 Å². The second-order valence-corrected chi connectivity index (χ2v) is 5.17. The van der Waals surface area contributed by atoms with Crippen LogP contribution in [0.2, 0.25) is 0 Å². The molecule has 4 nitrogen and oxygen atoms in total. The summed E-state index contributed by atoms with van der Waals surface area (Å²) >= 11 is 1.52. The summed E-state index contributed by atoms with van der Waals surface area (Å²) < 4.78 is 4.94. The summed E-state index contributed by atoms with van der Waals surface area (Å²) in [6, 6.07) is 0. The predicted molar refractivity (Wildman–Crippen MR) is 64.0 cm³/mol. The van der Waals surface area contributed by atoms with E-state index in [1.54, 1.807) is 6.92 Å². The van der Waals surface area contributed by atoms with Crippen LogP contribution in [0.25, 0.3) is 0 Å². The van der Waals surface area contributed by atoms with Crippen LogP contribution in [0.1, 0.15) is 35.1 Å². The average Bonchev–Trinajstić information content (AvgIpc) is 3.00. The van der Waals surface area contributed by atoms with Gasteiger partial charge < -0.3 is 10.1 Å². The highest BCUT2D eigenvalue weighted by Gasteiger charge is 2.22. The maximum Gasteiger partial charge on any atom is 0.358 e. The zero-order valence-corrected chi connectivity index (χ0v) is 10.4. The standard InChI is InChI=1S/C11H16N2O2S/c1-3-15-10(14)9-7(2)16-11(13-9)12-6-8-4-5-8/h8H,3-6H2,1-2H3,(H,12,13). The quantitative estimate of drug-likeness (QED) is 0.803. The maximum absolute atomic E-state index is 11.5. The first-order chi connectivity index (χ1) is 7.70. The van der Waals surface area contributed by atoms with Gasteiger partial charge in [0.15, 0.2) is 10.8 Å². The van der Waals surface area contributed by atoms with Crippen LogP contribution in [0.3, 0.4) is 0 Å². The van der Waals surface area contributed by atoms with Gasteiger partial charge in [-0.1, -0.05) is 0 Å². The third-order valence-electron chi connectivity index (χ3n) is 2.50. The smallest absolute Gasteiger partial charge is 0.358 e. The number of aromatic nitrogens is 1. The van der Waals surface area contributed by atoms with Crippen LogP contribution in [-0.4, -0.2) is 24.1 Å². The zero-order chi connectivity index (χ0) is 11.5. The van der Waals surface area contributed by atoms with Crippen molar-refractivity contribution < 1.29 is 9.53 Å². The van der Waals surface area contributed by atoms with Crippen molar-refractivity contribution in [2.75, 3.05) is 18.5 Å². The predicted octanol–water partition coefficient (Wildman–Crippen LogP) is 2.45. The van der Waals surface area contributed by atoms with E-state index >= 15 is 0 Å². The van der Waals surface area contributed by atoms with Crippen LogP contribution < -0.4 is 5.32 Å². The molecule has 0 bridgehead atoms. The molecule has 1 saturated carbocycles. The van der Waals surface area contributed by atoms with Crippen molar-refractivity contribution in [2.45, 2.75) is 26.7 Å². The first kappa shape index (κ1) is 11.4. The molecule has 0 atom stereocenters. The molecule has 1 N–H and O–H groups in total. The fourth-order valence-corrected chi connectivity index (χ4v) is 2.22. The normalized spacial score (nSPS) is 14.9. The number of aryl methyl sites for hydroxylation is 1. The Hall–Kier alpha value is -1.10. The highest BCUT2D eigenvalue weighted by Crippen LogP contribution is 2.30. The summed E-state index contributed by atoms with van der Waals surface area (Å²) in [7, 11) is 0. The summed E-state index contributed by atoms with van der Waals surface area (Å²) in [5.74, 6) is 0.478. The largest absolute Gasteiger partial charge is 0.461 e. The number of hydrogen-bond donors (Lipinski definition) is 1. The Bertz CT molecular complexity index is 385. The Morgan fingerprint density at radius 2 is 2.38 bits per heavy atom. The molecule has 16 heavy (non-hydrogen) atoms. The lowest BCUT2D eigenvalue weighted by Crippen LogP contribution is -2.07. The van der Waals surface area contributed by atoms with E-state index in [4.69, 9.17) is 4.74 Å². The lowest BCUT2D eigenvalue weighted by atomic mass is 10.4. The van der Waals surface area contributed by atoms with Gasteiger partial charge in [-0.2, -0.15) is 0 Å². The molecule has 0 radical (unpaired) electrons. The highest BCUT2D eigenvalue weighted by molar-refractivity contribution is 7.15. The van der Waals surface area contributed by atoms with Crippen molar-refractivity contribution >= 4 is 22.4 Å². The summed E-state index contributed by atoms with van der Waals surface area (Å²) in [5.41, 5.74) is 0.449. The summed E-state index contributed by atoms with van der Waals surface area (Å²) in [6.07, 6.45) is 2.62. The van der Waals surface area contributed by atoms with Crippen LogP contribution in [-0.2, 0) is 4.74 Å². The number of nitrogens with one attached hydrogen (secondary N) is 1. The van der Waals surface area contributed by atoms with E-state index in [-0.39, 0.29) is 5.97 Å². The van der Waals surface area contributed by atoms with Crippen molar-refractivity contribution in [3.63, 3.8) is 0 Å². The Morgan fingerprint density at radius 3 is 3.00 bits per heavy atom. The number of thiazole rings is 1. The van der Waals surface area contributed by atoms with E-state index in [2.05, 4.69) is 10.3 Å². The van der Waals surface area contributed by atoms with Crippen molar-refractivity contribution in [3.05, 3.63) is 10.6 Å². The van der Waals surface area contributed by atoms with Gasteiger partial charge in [-0.25, -0.2) is 9.78 Å². The molecule has 0 saturated heterocycles. The number of ether oxygens (including phenoxy) is 1. The second kappa shape index (κ2) is 4.82. The summed E-state index contributed by atoms with van der Waals surface area (Å²) in [4.78, 5) is 16.7. The monoisotopic (exact) mass is 240 g/mol. The third-order valence-corrected chi connectivity index (χ3v) is 3.43. The molecule has 0 aliphatic heterocycles. The molecular weight excluding hydrogens is 224 g/mol. The molecule has 1 aliphatic rings. The average molecular weight is 240 g/mol.